The van der Waals surface area contributed by atoms with Crippen molar-refractivity contribution in [1.82, 2.24) is 0 Å². The molecule has 2 aromatic carbocycles. The maximum Gasteiger partial charge on any atom is 0.133 e. The Bertz CT molecular complexity index is 869. The molecule has 1 aliphatic rings. The van der Waals surface area contributed by atoms with Crippen LogP contribution in [0.2, 0.25) is 10.0 Å². The Morgan fingerprint density at radius 3 is 2.43 bits per heavy atom. The predicted molar refractivity (Wildman–Crippen MR) is 92.1 cm³/mol. The van der Waals surface area contributed by atoms with Gasteiger partial charge in [-0.05, 0) is 47.2 Å². The monoisotopic (exact) mass is 338 g/mol. The molecule has 2 nitrogen and oxygen atoms in total. The lowest BCUT2D eigenvalue weighted by atomic mass is 9.75. The van der Waals surface area contributed by atoms with Gasteiger partial charge in [0.1, 0.15) is 17.7 Å². The Balaban J connectivity index is 2.15. The molecule has 2 aromatic rings. The number of hydrogen-bond acceptors (Lipinski definition) is 2. The Morgan fingerprint density at radius 1 is 1.00 bits per heavy atom. The molecule has 4 heteroatoms. The number of nitriles is 2. The summed E-state index contributed by atoms with van der Waals surface area (Å²) >= 11 is 12.2. The SMILES string of the molecule is N#CC(C#N)=C1CC[C@@H](c2ccc(Cl)c(Cl)c2)c2ccccc21. The Morgan fingerprint density at radius 2 is 1.74 bits per heavy atom. The second-order valence-electron chi connectivity index (χ2n) is 5.43. The van der Waals surface area contributed by atoms with E-state index in [1.807, 2.05) is 54.6 Å². The van der Waals surface area contributed by atoms with Gasteiger partial charge in [0.2, 0.25) is 0 Å². The summed E-state index contributed by atoms with van der Waals surface area (Å²) in [7, 11) is 0. The first-order valence-electron chi connectivity index (χ1n) is 7.23. The fourth-order valence-corrected chi connectivity index (χ4v) is 3.46. The minimum Gasteiger partial charge on any atom is -0.192 e. The van der Waals surface area contributed by atoms with Crippen molar-refractivity contribution in [1.29, 1.82) is 10.5 Å². The topological polar surface area (TPSA) is 47.6 Å². The second-order valence-corrected chi connectivity index (χ2v) is 6.24. The van der Waals surface area contributed by atoms with Crippen LogP contribution in [-0.2, 0) is 0 Å². The summed E-state index contributed by atoms with van der Waals surface area (Å²) in [4.78, 5) is 0. The molecule has 0 fully saturated rings. The average Bonchev–Trinajstić information content (AvgIpc) is 2.58. The normalized spacial score (nSPS) is 16.2. The molecule has 0 saturated carbocycles. The number of rotatable bonds is 1. The summed E-state index contributed by atoms with van der Waals surface area (Å²) < 4.78 is 0. The Kier molecular flexibility index (Phi) is 4.39. The van der Waals surface area contributed by atoms with Crippen molar-refractivity contribution < 1.29 is 0 Å². The van der Waals surface area contributed by atoms with Gasteiger partial charge in [0.05, 0.1) is 10.0 Å². The van der Waals surface area contributed by atoms with Gasteiger partial charge in [-0.2, -0.15) is 10.5 Å². The van der Waals surface area contributed by atoms with Crippen molar-refractivity contribution in [3.05, 3.63) is 74.8 Å². The van der Waals surface area contributed by atoms with Crippen LogP contribution in [0.25, 0.3) is 5.57 Å². The standard InChI is InChI=1S/C19H12Cl2N2/c20-18-8-5-12(9-19(18)21)14-6-7-15(13(10-22)11-23)17-4-2-1-3-16(14)17/h1-5,8-9,14H,6-7H2/t14-/m0/s1. The van der Waals surface area contributed by atoms with E-state index in [2.05, 4.69) is 0 Å². The molecule has 0 aliphatic heterocycles. The molecular formula is C19H12Cl2N2. The summed E-state index contributed by atoms with van der Waals surface area (Å²) in [5.74, 6) is 0.184. The highest BCUT2D eigenvalue weighted by Gasteiger charge is 2.26. The zero-order chi connectivity index (χ0) is 16.4. The van der Waals surface area contributed by atoms with Crippen molar-refractivity contribution >= 4 is 28.8 Å². The summed E-state index contributed by atoms with van der Waals surface area (Å²) in [5, 5.41) is 19.5. The van der Waals surface area contributed by atoms with Gasteiger partial charge in [-0.3, -0.25) is 0 Å². The fourth-order valence-electron chi connectivity index (χ4n) is 3.15. The fraction of sp³-hybridized carbons (Fsp3) is 0.158. The zero-order valence-electron chi connectivity index (χ0n) is 12.2. The van der Waals surface area contributed by atoms with Gasteiger partial charge < -0.3 is 0 Å². The molecule has 0 N–H and O–H groups in total. The van der Waals surface area contributed by atoms with Crippen molar-refractivity contribution in [3.63, 3.8) is 0 Å². The van der Waals surface area contributed by atoms with Gasteiger partial charge in [-0.25, -0.2) is 0 Å². The molecule has 112 valence electrons. The van der Waals surface area contributed by atoms with E-state index in [-0.39, 0.29) is 11.5 Å². The first-order valence-corrected chi connectivity index (χ1v) is 7.99. The van der Waals surface area contributed by atoms with Gasteiger partial charge in [0.25, 0.3) is 0 Å². The molecule has 3 rings (SSSR count). The van der Waals surface area contributed by atoms with E-state index in [4.69, 9.17) is 23.2 Å². The average molecular weight is 339 g/mol. The lowest BCUT2D eigenvalue weighted by Gasteiger charge is -2.28. The van der Waals surface area contributed by atoms with Crippen LogP contribution >= 0.6 is 23.2 Å². The van der Waals surface area contributed by atoms with E-state index in [1.54, 1.807) is 0 Å². The third-order valence-corrected chi connectivity index (χ3v) is 4.95. The van der Waals surface area contributed by atoms with Crippen molar-refractivity contribution in [2.24, 2.45) is 0 Å². The molecule has 0 bridgehead atoms. The highest BCUT2D eigenvalue weighted by atomic mass is 35.5. The smallest absolute Gasteiger partial charge is 0.133 e. The third kappa shape index (κ3) is 2.84. The van der Waals surface area contributed by atoms with Crippen molar-refractivity contribution in [2.75, 3.05) is 0 Å². The lowest BCUT2D eigenvalue weighted by molar-refractivity contribution is 0.710. The van der Waals surface area contributed by atoms with Crippen LogP contribution in [-0.4, -0.2) is 0 Å². The quantitative estimate of drug-likeness (QED) is 0.624. The molecule has 0 amide bonds. The molecule has 0 heterocycles. The number of fused-ring (bicyclic) bond motifs is 1. The van der Waals surface area contributed by atoms with Crippen molar-refractivity contribution in [3.8, 4) is 12.1 Å². The van der Waals surface area contributed by atoms with Crippen LogP contribution in [0.1, 0.15) is 35.4 Å². The van der Waals surface area contributed by atoms with Gasteiger partial charge >= 0.3 is 0 Å². The predicted octanol–water partition coefficient (Wildman–Crippen LogP) is 5.72. The van der Waals surface area contributed by atoms with E-state index in [0.717, 1.165) is 28.7 Å². The van der Waals surface area contributed by atoms with Gasteiger partial charge in [0.15, 0.2) is 0 Å². The van der Waals surface area contributed by atoms with Crippen molar-refractivity contribution in [2.45, 2.75) is 18.8 Å². The van der Waals surface area contributed by atoms with Crippen LogP contribution in [0, 0.1) is 22.7 Å². The van der Waals surface area contributed by atoms with Crippen LogP contribution in [0.15, 0.2) is 48.0 Å². The Hall–Kier alpha value is -2.26. The molecular weight excluding hydrogens is 327 g/mol. The lowest BCUT2D eigenvalue weighted by Crippen LogP contribution is -2.11. The molecule has 0 aromatic heterocycles. The molecule has 1 atom stereocenters. The number of nitrogens with zero attached hydrogens (tertiary/aromatic N) is 2. The van der Waals surface area contributed by atoms with E-state index < -0.39 is 0 Å². The first kappa shape index (κ1) is 15.6. The molecule has 0 spiro atoms. The zero-order valence-corrected chi connectivity index (χ0v) is 13.7. The minimum absolute atomic E-state index is 0.184. The van der Waals surface area contributed by atoms with Gasteiger partial charge in [0, 0.05) is 5.92 Å². The number of allylic oxidation sites excluding steroid dienone is 2. The molecule has 23 heavy (non-hydrogen) atoms. The van der Waals surface area contributed by atoms with E-state index in [0.29, 0.717) is 16.5 Å². The van der Waals surface area contributed by atoms with E-state index in [9.17, 15) is 10.5 Å². The largest absolute Gasteiger partial charge is 0.192 e. The van der Waals surface area contributed by atoms with Crippen LogP contribution in [0.5, 0.6) is 0 Å². The third-order valence-electron chi connectivity index (χ3n) is 4.22. The molecule has 0 saturated heterocycles. The highest BCUT2D eigenvalue weighted by Crippen LogP contribution is 2.43. The number of benzene rings is 2. The summed E-state index contributed by atoms with van der Waals surface area (Å²) in [5.41, 5.74) is 4.23. The molecule has 0 unspecified atom stereocenters. The summed E-state index contributed by atoms with van der Waals surface area (Å²) in [6, 6.07) is 17.7. The summed E-state index contributed by atoms with van der Waals surface area (Å²) in [6.07, 6.45) is 1.52. The van der Waals surface area contributed by atoms with Crippen LogP contribution in [0.3, 0.4) is 0 Å². The maximum absolute atomic E-state index is 9.19. The number of hydrogen-bond donors (Lipinski definition) is 0. The summed E-state index contributed by atoms with van der Waals surface area (Å²) in [6.45, 7) is 0. The van der Waals surface area contributed by atoms with E-state index in [1.165, 1.54) is 0 Å². The van der Waals surface area contributed by atoms with Crippen LogP contribution < -0.4 is 0 Å². The molecule has 1 aliphatic carbocycles. The Labute approximate surface area is 145 Å². The van der Waals surface area contributed by atoms with Gasteiger partial charge in [-0.1, -0.05) is 53.5 Å². The first-order chi connectivity index (χ1) is 11.2. The second kappa shape index (κ2) is 6.47. The van der Waals surface area contributed by atoms with Gasteiger partial charge in [-0.15, -0.1) is 0 Å². The molecule has 0 radical (unpaired) electrons. The van der Waals surface area contributed by atoms with E-state index >= 15 is 0 Å². The maximum atomic E-state index is 9.19. The highest BCUT2D eigenvalue weighted by molar-refractivity contribution is 6.42. The van der Waals surface area contributed by atoms with Crippen LogP contribution in [0.4, 0.5) is 0 Å². The minimum atomic E-state index is 0.184. The number of halogens is 2.